The van der Waals surface area contributed by atoms with Crippen LogP contribution >= 0.6 is 47.2 Å². The number of imidazole rings is 1. The zero-order valence-electron chi connectivity index (χ0n) is 16.8. The number of nitrogens with two attached hydrogens (primary N) is 1. The molecule has 1 aliphatic rings. The standard InChI is InChI=1S/C21H21Cl2N5O2S2/c22-14-1-6-18(19(23)9-14)21(12-28-8-7-25-13-28)29-10-16(30-21)11-32-17-4-2-15(3-5-17)26-20(31)27-24/h1-9,13,16H,10-12,24H2,(H2,26,27,31). The summed E-state index contributed by atoms with van der Waals surface area (Å²) < 4.78 is 14.6. The number of rotatable bonds is 7. The number of nitrogens with one attached hydrogen (secondary N) is 2. The monoisotopic (exact) mass is 509 g/mol. The van der Waals surface area contributed by atoms with Gasteiger partial charge in [0, 0.05) is 39.3 Å². The lowest BCUT2D eigenvalue weighted by Gasteiger charge is -2.30. The maximum absolute atomic E-state index is 6.52. The molecule has 0 spiro atoms. The van der Waals surface area contributed by atoms with Crippen molar-refractivity contribution in [2.45, 2.75) is 23.3 Å². The minimum atomic E-state index is -1.02. The number of aromatic nitrogens is 2. The van der Waals surface area contributed by atoms with Gasteiger partial charge in [0.05, 0.1) is 30.6 Å². The van der Waals surface area contributed by atoms with Gasteiger partial charge in [0.25, 0.3) is 0 Å². The van der Waals surface area contributed by atoms with Crippen LogP contribution in [0.25, 0.3) is 0 Å². The first-order valence-corrected chi connectivity index (χ1v) is 11.9. The van der Waals surface area contributed by atoms with Crippen LogP contribution in [0.1, 0.15) is 5.56 Å². The summed E-state index contributed by atoms with van der Waals surface area (Å²) in [5.41, 5.74) is 3.99. The van der Waals surface area contributed by atoms with Crippen molar-refractivity contribution in [2.24, 2.45) is 5.84 Å². The van der Waals surface area contributed by atoms with E-state index in [9.17, 15) is 0 Å². The van der Waals surface area contributed by atoms with Crippen molar-refractivity contribution in [3.63, 3.8) is 0 Å². The van der Waals surface area contributed by atoms with Gasteiger partial charge < -0.3 is 24.8 Å². The van der Waals surface area contributed by atoms with Gasteiger partial charge in [-0.15, -0.1) is 11.8 Å². The average Bonchev–Trinajstić information content (AvgIpc) is 3.44. The number of hydrogen-bond acceptors (Lipinski definition) is 6. The lowest BCUT2D eigenvalue weighted by molar-refractivity contribution is -0.184. The van der Waals surface area contributed by atoms with Crippen LogP contribution in [0.5, 0.6) is 0 Å². The van der Waals surface area contributed by atoms with Crippen LogP contribution in [0.4, 0.5) is 5.69 Å². The first-order valence-electron chi connectivity index (χ1n) is 9.71. The molecule has 168 valence electrons. The van der Waals surface area contributed by atoms with Crippen LogP contribution in [0.3, 0.4) is 0 Å². The number of hydrazine groups is 1. The zero-order valence-corrected chi connectivity index (χ0v) is 20.0. The van der Waals surface area contributed by atoms with Crippen molar-refractivity contribution in [3.8, 4) is 0 Å². The van der Waals surface area contributed by atoms with Crippen LogP contribution in [0.2, 0.25) is 10.0 Å². The van der Waals surface area contributed by atoms with Gasteiger partial charge >= 0.3 is 0 Å². The van der Waals surface area contributed by atoms with E-state index in [1.807, 2.05) is 41.1 Å². The largest absolute Gasteiger partial charge is 0.342 e. The predicted molar refractivity (Wildman–Crippen MR) is 132 cm³/mol. The minimum absolute atomic E-state index is 0.123. The normalized spacial score (nSPS) is 20.3. The van der Waals surface area contributed by atoms with Crippen LogP contribution < -0.4 is 16.6 Å². The second kappa shape index (κ2) is 10.4. The summed E-state index contributed by atoms with van der Waals surface area (Å²) in [6.45, 7) is 0.863. The Labute approximate surface area is 205 Å². The molecule has 32 heavy (non-hydrogen) atoms. The molecule has 2 aromatic carbocycles. The lowest BCUT2D eigenvalue weighted by atomic mass is 10.1. The fourth-order valence-electron chi connectivity index (χ4n) is 3.37. The maximum atomic E-state index is 6.52. The van der Waals surface area contributed by atoms with Crippen molar-refractivity contribution in [3.05, 3.63) is 76.8 Å². The Morgan fingerprint density at radius 1 is 1.28 bits per heavy atom. The second-order valence-corrected chi connectivity index (χ2v) is 9.44. The van der Waals surface area contributed by atoms with Crippen molar-refractivity contribution >= 4 is 58.0 Å². The molecule has 3 aromatic rings. The highest BCUT2D eigenvalue weighted by molar-refractivity contribution is 7.99. The van der Waals surface area contributed by atoms with E-state index in [0.29, 0.717) is 34.1 Å². The van der Waals surface area contributed by atoms with E-state index in [1.165, 1.54) is 0 Å². The highest BCUT2D eigenvalue weighted by Gasteiger charge is 2.45. The number of anilines is 1. The van der Waals surface area contributed by atoms with Gasteiger partial charge in [-0.1, -0.05) is 29.3 Å². The van der Waals surface area contributed by atoms with Crippen LogP contribution in [-0.2, 0) is 21.8 Å². The Hall–Kier alpha value is -1.85. The molecule has 7 nitrogen and oxygen atoms in total. The van der Waals surface area contributed by atoms with E-state index in [4.69, 9.17) is 50.7 Å². The van der Waals surface area contributed by atoms with E-state index in [-0.39, 0.29) is 6.10 Å². The van der Waals surface area contributed by atoms with E-state index >= 15 is 0 Å². The van der Waals surface area contributed by atoms with Gasteiger partial charge in [0.15, 0.2) is 5.11 Å². The Bertz CT molecular complexity index is 1070. The summed E-state index contributed by atoms with van der Waals surface area (Å²) in [7, 11) is 0. The topological polar surface area (TPSA) is 86.4 Å². The number of halogens is 2. The Balaban J connectivity index is 1.45. The number of thioether (sulfide) groups is 1. The number of nitrogens with zero attached hydrogens (tertiary/aromatic N) is 2. The smallest absolute Gasteiger partial charge is 0.215 e. The summed E-state index contributed by atoms with van der Waals surface area (Å²) in [5, 5.41) is 4.40. The molecular weight excluding hydrogens is 489 g/mol. The van der Waals surface area contributed by atoms with Crippen molar-refractivity contribution in [1.29, 1.82) is 0 Å². The fourth-order valence-corrected chi connectivity index (χ4v) is 4.91. The number of benzene rings is 2. The van der Waals surface area contributed by atoms with Crippen molar-refractivity contribution in [1.82, 2.24) is 15.0 Å². The molecule has 1 fully saturated rings. The van der Waals surface area contributed by atoms with Crippen molar-refractivity contribution in [2.75, 3.05) is 17.7 Å². The summed E-state index contributed by atoms with van der Waals surface area (Å²) in [6, 6.07) is 13.2. The molecule has 0 saturated carbocycles. The minimum Gasteiger partial charge on any atom is -0.342 e. The molecule has 1 aromatic heterocycles. The van der Waals surface area contributed by atoms with Crippen molar-refractivity contribution < 1.29 is 9.47 Å². The van der Waals surface area contributed by atoms with Gasteiger partial charge in [-0.3, -0.25) is 0 Å². The second-order valence-electron chi connectivity index (χ2n) is 7.10. The molecule has 1 aliphatic heterocycles. The lowest BCUT2D eigenvalue weighted by Crippen LogP contribution is -2.34. The molecule has 0 radical (unpaired) electrons. The molecular formula is C21H21Cl2N5O2S2. The molecule has 11 heteroatoms. The molecule has 0 aliphatic carbocycles. The van der Waals surface area contributed by atoms with Gasteiger partial charge in [-0.2, -0.15) is 0 Å². The highest BCUT2D eigenvalue weighted by Crippen LogP contribution is 2.41. The van der Waals surface area contributed by atoms with E-state index in [0.717, 1.165) is 16.1 Å². The molecule has 2 unspecified atom stereocenters. The molecule has 2 atom stereocenters. The zero-order chi connectivity index (χ0) is 22.6. The van der Waals surface area contributed by atoms with Crippen LogP contribution in [0, 0.1) is 0 Å². The predicted octanol–water partition coefficient (Wildman–Crippen LogP) is 4.41. The molecule has 1 saturated heterocycles. The van der Waals surface area contributed by atoms with Gasteiger partial charge in [0.1, 0.15) is 0 Å². The third kappa shape index (κ3) is 5.55. The van der Waals surface area contributed by atoms with Crippen LogP contribution in [0.15, 0.2) is 66.1 Å². The van der Waals surface area contributed by atoms with Gasteiger partial charge in [-0.05, 0) is 48.6 Å². The van der Waals surface area contributed by atoms with E-state index in [1.54, 1.807) is 36.4 Å². The van der Waals surface area contributed by atoms with E-state index < -0.39 is 5.79 Å². The van der Waals surface area contributed by atoms with Crippen LogP contribution in [-0.4, -0.2) is 33.1 Å². The molecule has 2 heterocycles. The molecule has 4 rings (SSSR count). The number of ether oxygens (including phenoxy) is 2. The Morgan fingerprint density at radius 2 is 2.09 bits per heavy atom. The number of hydrogen-bond donors (Lipinski definition) is 3. The van der Waals surface area contributed by atoms with E-state index in [2.05, 4.69) is 15.7 Å². The first-order chi connectivity index (χ1) is 15.5. The Morgan fingerprint density at radius 3 is 2.78 bits per heavy atom. The first kappa shape index (κ1) is 23.3. The summed E-state index contributed by atoms with van der Waals surface area (Å²) in [4.78, 5) is 5.22. The molecule has 4 N–H and O–H groups in total. The quantitative estimate of drug-likeness (QED) is 0.187. The third-order valence-electron chi connectivity index (χ3n) is 4.83. The summed E-state index contributed by atoms with van der Waals surface area (Å²) in [5.74, 6) is 4.98. The summed E-state index contributed by atoms with van der Waals surface area (Å²) in [6.07, 6.45) is 5.18. The van der Waals surface area contributed by atoms with Gasteiger partial charge in [-0.25, -0.2) is 10.8 Å². The van der Waals surface area contributed by atoms with Gasteiger partial charge in [0.2, 0.25) is 5.79 Å². The maximum Gasteiger partial charge on any atom is 0.215 e. The Kier molecular flexibility index (Phi) is 7.57. The molecule has 0 amide bonds. The third-order valence-corrected chi connectivity index (χ3v) is 6.74. The SMILES string of the molecule is NNC(=S)Nc1ccc(SCC2COC(Cn3ccnc3)(c3ccc(Cl)cc3Cl)O2)cc1. The highest BCUT2D eigenvalue weighted by atomic mass is 35.5. The number of thiocarbonyl (C=S) groups is 1. The fraction of sp³-hybridized carbons (Fsp3) is 0.238. The molecule has 0 bridgehead atoms. The summed E-state index contributed by atoms with van der Waals surface area (Å²) >= 11 is 19.3. The average molecular weight is 510 g/mol.